The monoisotopic (exact) mass is 505 g/mol. The van der Waals surface area contributed by atoms with E-state index in [4.69, 9.17) is 23.2 Å². The fourth-order valence-electron chi connectivity index (χ4n) is 4.11. The summed E-state index contributed by atoms with van der Waals surface area (Å²) in [5.74, 6) is 0.549. The van der Waals surface area contributed by atoms with Crippen LogP contribution in [-0.4, -0.2) is 34.7 Å². The van der Waals surface area contributed by atoms with E-state index in [1.165, 1.54) is 0 Å². The first-order valence-electron chi connectivity index (χ1n) is 11.1. The Kier molecular flexibility index (Phi) is 6.48. The molecule has 0 aliphatic rings. The van der Waals surface area contributed by atoms with Gasteiger partial charge in [-0.05, 0) is 51.7 Å². The van der Waals surface area contributed by atoms with Crippen LogP contribution < -0.4 is 5.69 Å². The summed E-state index contributed by atoms with van der Waals surface area (Å²) in [6.07, 6.45) is 6.95. The van der Waals surface area contributed by atoms with Gasteiger partial charge >= 0.3 is 5.69 Å². The number of aromatic amines is 1. The first-order valence-corrected chi connectivity index (χ1v) is 11.8. The predicted octanol–water partition coefficient (Wildman–Crippen LogP) is 5.19. The van der Waals surface area contributed by atoms with E-state index < -0.39 is 0 Å². The van der Waals surface area contributed by atoms with Crippen molar-refractivity contribution in [3.8, 4) is 28.2 Å². The van der Waals surface area contributed by atoms with Crippen LogP contribution in [0, 0.1) is 0 Å². The second-order valence-electron chi connectivity index (χ2n) is 8.05. The first-order chi connectivity index (χ1) is 17.1. The molecule has 10 heteroatoms. The quantitative estimate of drug-likeness (QED) is 0.328. The van der Waals surface area contributed by atoms with E-state index in [1.807, 2.05) is 36.5 Å². The van der Waals surface area contributed by atoms with Gasteiger partial charge in [-0.25, -0.2) is 9.89 Å². The number of pyridine rings is 1. The minimum Gasteiger partial charge on any atom is -0.292 e. The Morgan fingerprint density at radius 1 is 1.00 bits per heavy atom. The highest BCUT2D eigenvalue weighted by Gasteiger charge is 2.17. The van der Waals surface area contributed by atoms with Gasteiger partial charge in [0, 0.05) is 29.8 Å². The summed E-state index contributed by atoms with van der Waals surface area (Å²) < 4.78 is 3.31. The molecule has 0 saturated heterocycles. The fourth-order valence-corrected chi connectivity index (χ4v) is 4.69. The molecule has 0 saturated carbocycles. The van der Waals surface area contributed by atoms with Gasteiger partial charge in [-0.2, -0.15) is 0 Å². The van der Waals surface area contributed by atoms with Crippen LogP contribution in [-0.2, 0) is 13.0 Å². The summed E-state index contributed by atoms with van der Waals surface area (Å²) in [6.45, 7) is 2.51. The Hall–Kier alpha value is -3.75. The lowest BCUT2D eigenvalue weighted by Crippen LogP contribution is -2.25. The zero-order valence-corrected chi connectivity index (χ0v) is 20.3. The van der Waals surface area contributed by atoms with Gasteiger partial charge in [0.1, 0.15) is 0 Å². The van der Waals surface area contributed by atoms with E-state index in [0.717, 1.165) is 40.8 Å². The molecule has 2 aromatic carbocycles. The number of halogens is 2. The Morgan fingerprint density at radius 2 is 1.77 bits per heavy atom. The molecule has 8 nitrogen and oxygen atoms in total. The number of aryl methyl sites for hydroxylation is 1. The number of nitrogens with zero attached hydrogens (tertiary/aromatic N) is 6. The number of aromatic nitrogens is 7. The molecule has 0 aliphatic heterocycles. The van der Waals surface area contributed by atoms with E-state index in [2.05, 4.69) is 32.5 Å². The molecule has 0 atom stereocenters. The Balaban J connectivity index is 1.49. The largest absolute Gasteiger partial charge is 0.333 e. The molecule has 0 aliphatic carbocycles. The lowest BCUT2D eigenvalue weighted by atomic mass is 10.00. The van der Waals surface area contributed by atoms with Crippen LogP contribution in [0.4, 0.5) is 0 Å². The molecular formula is C25H21Cl2N7O. The number of tetrazole rings is 1. The molecule has 0 bridgehead atoms. The summed E-state index contributed by atoms with van der Waals surface area (Å²) in [5.41, 5.74) is 4.99. The molecule has 0 spiro atoms. The van der Waals surface area contributed by atoms with E-state index in [1.54, 1.807) is 39.7 Å². The number of para-hydroxylation sites is 1. The van der Waals surface area contributed by atoms with Crippen LogP contribution in [0.3, 0.4) is 0 Å². The highest BCUT2D eigenvalue weighted by Crippen LogP contribution is 2.30. The normalized spacial score (nSPS) is 11.2. The summed E-state index contributed by atoms with van der Waals surface area (Å²) in [5, 5.41) is 15.0. The number of hydrogen-bond acceptors (Lipinski definition) is 5. The van der Waals surface area contributed by atoms with Crippen molar-refractivity contribution in [1.82, 2.24) is 34.7 Å². The number of imidazole rings is 1. The fraction of sp³-hybridized carbons (Fsp3) is 0.160. The van der Waals surface area contributed by atoms with Crippen LogP contribution in [0.5, 0.6) is 0 Å². The topological polar surface area (TPSA) is 94.3 Å². The summed E-state index contributed by atoms with van der Waals surface area (Å²) >= 11 is 12.8. The van der Waals surface area contributed by atoms with Crippen LogP contribution in [0.2, 0.25) is 10.0 Å². The van der Waals surface area contributed by atoms with Crippen molar-refractivity contribution < 1.29 is 0 Å². The van der Waals surface area contributed by atoms with Crippen LogP contribution in [0.1, 0.15) is 24.6 Å². The summed E-state index contributed by atoms with van der Waals surface area (Å²) in [4.78, 5) is 17.6. The summed E-state index contributed by atoms with van der Waals surface area (Å²) in [7, 11) is 0. The zero-order valence-electron chi connectivity index (χ0n) is 18.8. The maximum absolute atomic E-state index is 13.4. The van der Waals surface area contributed by atoms with Crippen LogP contribution in [0.25, 0.3) is 28.2 Å². The Bertz CT molecular complexity index is 1500. The maximum atomic E-state index is 13.4. The maximum Gasteiger partial charge on any atom is 0.333 e. The number of hydrogen-bond donors (Lipinski definition) is 1. The van der Waals surface area contributed by atoms with Gasteiger partial charge in [0.15, 0.2) is 5.82 Å². The molecule has 0 radical (unpaired) electrons. The second kappa shape index (κ2) is 9.85. The molecule has 3 aromatic heterocycles. The van der Waals surface area contributed by atoms with Gasteiger partial charge in [0.2, 0.25) is 0 Å². The van der Waals surface area contributed by atoms with Crippen molar-refractivity contribution >= 4 is 23.2 Å². The second-order valence-corrected chi connectivity index (χ2v) is 8.86. The van der Waals surface area contributed by atoms with Gasteiger partial charge in [-0.3, -0.25) is 14.1 Å². The number of H-pyrrole nitrogens is 1. The van der Waals surface area contributed by atoms with Gasteiger partial charge < -0.3 is 0 Å². The van der Waals surface area contributed by atoms with Gasteiger partial charge in [0.05, 0.1) is 22.3 Å². The SMILES string of the molecule is CCCc1cn(-c2c(Cl)cccc2Cl)c(=O)n1Cc1ccc(-c2ccncc2-c2nnn[nH]2)cc1. The molecule has 35 heavy (non-hydrogen) atoms. The first kappa shape index (κ1) is 23.0. The smallest absolute Gasteiger partial charge is 0.292 e. The van der Waals surface area contributed by atoms with Crippen molar-refractivity contribution in [2.45, 2.75) is 26.3 Å². The molecule has 0 amide bonds. The summed E-state index contributed by atoms with van der Waals surface area (Å²) in [6, 6.07) is 15.2. The average Bonchev–Trinajstić information content (AvgIpc) is 3.50. The van der Waals surface area contributed by atoms with Crippen molar-refractivity contribution in [3.63, 3.8) is 0 Å². The van der Waals surface area contributed by atoms with E-state index in [0.29, 0.717) is 28.1 Å². The van der Waals surface area contributed by atoms with Crippen molar-refractivity contribution in [3.05, 3.63) is 98.9 Å². The molecule has 5 rings (SSSR count). The minimum atomic E-state index is -0.179. The van der Waals surface area contributed by atoms with Crippen molar-refractivity contribution in [2.75, 3.05) is 0 Å². The van der Waals surface area contributed by atoms with Crippen molar-refractivity contribution in [2.24, 2.45) is 0 Å². The van der Waals surface area contributed by atoms with Gasteiger partial charge in [0.25, 0.3) is 0 Å². The molecule has 5 aromatic rings. The Labute approximate surface area is 211 Å². The molecule has 0 fully saturated rings. The highest BCUT2D eigenvalue weighted by atomic mass is 35.5. The predicted molar refractivity (Wildman–Crippen MR) is 136 cm³/mol. The zero-order chi connectivity index (χ0) is 24.4. The molecule has 176 valence electrons. The average molecular weight is 506 g/mol. The van der Waals surface area contributed by atoms with Crippen LogP contribution in [0.15, 0.2) is 71.9 Å². The third-order valence-electron chi connectivity index (χ3n) is 5.77. The molecule has 3 heterocycles. The van der Waals surface area contributed by atoms with Crippen LogP contribution >= 0.6 is 23.2 Å². The molecule has 0 unspecified atom stereocenters. The van der Waals surface area contributed by atoms with Crippen molar-refractivity contribution in [1.29, 1.82) is 0 Å². The number of nitrogens with one attached hydrogen (secondary N) is 1. The third kappa shape index (κ3) is 4.50. The third-order valence-corrected chi connectivity index (χ3v) is 6.38. The van der Waals surface area contributed by atoms with Gasteiger partial charge in [-0.15, -0.1) is 5.10 Å². The number of benzene rings is 2. The lowest BCUT2D eigenvalue weighted by molar-refractivity contribution is 0.691. The lowest BCUT2D eigenvalue weighted by Gasteiger charge is -2.10. The van der Waals surface area contributed by atoms with Gasteiger partial charge in [-0.1, -0.05) is 66.9 Å². The minimum absolute atomic E-state index is 0.179. The standard InChI is InChI=1S/C25H21Cl2N7O/c1-2-4-18-15-34(23-21(26)5-3-6-22(23)27)25(35)33(18)14-16-7-9-17(10-8-16)19-11-12-28-13-20(19)24-29-31-32-30-24/h3,5-13,15H,2,4,14H2,1H3,(H,29,30,31,32). The molecular weight excluding hydrogens is 485 g/mol. The highest BCUT2D eigenvalue weighted by molar-refractivity contribution is 6.37. The van der Waals surface area contributed by atoms with E-state index in [-0.39, 0.29) is 5.69 Å². The van der Waals surface area contributed by atoms with E-state index >= 15 is 0 Å². The van der Waals surface area contributed by atoms with E-state index in [9.17, 15) is 4.79 Å². The number of rotatable bonds is 7. The Morgan fingerprint density at radius 3 is 2.46 bits per heavy atom. The molecule has 1 N–H and O–H groups in total.